The number of nitrogens with zero attached hydrogens (tertiary/aromatic N) is 4. The van der Waals surface area contributed by atoms with Crippen molar-refractivity contribution in [2.24, 2.45) is 20.8 Å². The van der Waals surface area contributed by atoms with Crippen LogP contribution >= 0.6 is 0 Å². The van der Waals surface area contributed by atoms with Gasteiger partial charge in [0.15, 0.2) is 11.6 Å². The standard InChI is InChI=1S/C10H10N5O3S/c1-19(16,17)15-6-12-10(7-3-2-4-18-7)13-9(15)5-8(11)14-15/h2-6H,1H3,(H2,11,14)/q+1. The van der Waals surface area contributed by atoms with E-state index in [9.17, 15) is 8.42 Å². The number of aliphatic imine (C=N–C) groups is 2. The van der Waals surface area contributed by atoms with Gasteiger partial charge in [-0.25, -0.2) is 0 Å². The monoisotopic (exact) mass is 280 g/mol. The Morgan fingerprint density at radius 3 is 2.84 bits per heavy atom. The van der Waals surface area contributed by atoms with E-state index in [1.807, 2.05) is 0 Å². The normalized spacial score (nSPS) is 25.6. The highest BCUT2D eigenvalue weighted by Gasteiger charge is 2.50. The Balaban J connectivity index is 2.15. The predicted octanol–water partition coefficient (Wildman–Crippen LogP) is -0.0283. The highest BCUT2D eigenvalue weighted by atomic mass is 32.2. The van der Waals surface area contributed by atoms with Gasteiger partial charge in [0.2, 0.25) is 12.2 Å². The molecule has 0 fully saturated rings. The van der Waals surface area contributed by atoms with E-state index < -0.39 is 14.0 Å². The number of rotatable bonds is 2. The van der Waals surface area contributed by atoms with Crippen molar-refractivity contribution in [3.63, 3.8) is 0 Å². The molecule has 8 nitrogen and oxygen atoms in total. The van der Waals surface area contributed by atoms with Gasteiger partial charge in [-0.15, -0.1) is 0 Å². The Bertz CT molecular complexity index is 757. The Hall–Kier alpha value is -2.26. The van der Waals surface area contributed by atoms with Crippen LogP contribution in [0.15, 0.2) is 49.8 Å². The van der Waals surface area contributed by atoms with Gasteiger partial charge in [-0.05, 0) is 21.2 Å². The highest BCUT2D eigenvalue weighted by molar-refractivity contribution is 7.85. The molecule has 1 aromatic heterocycles. The van der Waals surface area contributed by atoms with Crippen LogP contribution in [-0.2, 0) is 10.0 Å². The van der Waals surface area contributed by atoms with Gasteiger partial charge in [0.1, 0.15) is 0 Å². The van der Waals surface area contributed by atoms with Crippen molar-refractivity contribution in [2.45, 2.75) is 0 Å². The summed E-state index contributed by atoms with van der Waals surface area (Å²) in [5, 5.41) is 3.89. The topological polar surface area (TPSA) is 110 Å². The third-order valence-corrected chi connectivity index (χ3v) is 4.05. The van der Waals surface area contributed by atoms with E-state index in [2.05, 4.69) is 15.1 Å². The van der Waals surface area contributed by atoms with Gasteiger partial charge < -0.3 is 10.2 Å². The summed E-state index contributed by atoms with van der Waals surface area (Å²) in [6.45, 7) is 0. The fourth-order valence-corrected chi connectivity index (χ4v) is 2.68. The fourth-order valence-electron chi connectivity index (χ4n) is 1.79. The van der Waals surface area contributed by atoms with Crippen LogP contribution in [0.1, 0.15) is 5.76 Å². The van der Waals surface area contributed by atoms with Crippen molar-refractivity contribution in [3.8, 4) is 0 Å². The SMILES string of the molecule is CS(=O)(=O)[N+]12C=NC(c3ccco3)=NC1=CC(N)=N2. The second-order valence-corrected chi connectivity index (χ2v) is 6.06. The number of fused-ring (bicyclic) bond motifs is 1. The maximum absolute atomic E-state index is 11.9. The molecule has 0 aromatic carbocycles. The van der Waals surface area contributed by atoms with Crippen LogP contribution in [0.5, 0.6) is 0 Å². The number of amidine groups is 2. The average molecular weight is 280 g/mol. The summed E-state index contributed by atoms with van der Waals surface area (Å²) in [6.07, 6.45) is 5.10. The zero-order valence-electron chi connectivity index (χ0n) is 9.89. The molecule has 9 heteroatoms. The molecule has 2 aliphatic heterocycles. The van der Waals surface area contributed by atoms with E-state index in [-0.39, 0.29) is 17.5 Å². The van der Waals surface area contributed by atoms with E-state index >= 15 is 0 Å². The smallest absolute Gasteiger partial charge is 0.330 e. The zero-order valence-corrected chi connectivity index (χ0v) is 10.7. The van der Waals surface area contributed by atoms with Crippen LogP contribution in [-0.4, -0.2) is 36.7 Å². The molecule has 0 amide bonds. The molecule has 1 unspecified atom stereocenters. The molecular weight excluding hydrogens is 270 g/mol. The van der Waals surface area contributed by atoms with Crippen molar-refractivity contribution in [1.82, 2.24) is 0 Å². The van der Waals surface area contributed by atoms with Gasteiger partial charge in [-0.2, -0.15) is 18.4 Å². The van der Waals surface area contributed by atoms with Gasteiger partial charge in [-0.1, -0.05) is 0 Å². The Morgan fingerprint density at radius 2 is 2.21 bits per heavy atom. The summed E-state index contributed by atoms with van der Waals surface area (Å²) < 4.78 is 28.2. The molecule has 0 saturated heterocycles. The second kappa shape index (κ2) is 3.62. The first kappa shape index (κ1) is 11.8. The zero-order chi connectivity index (χ0) is 13.7. The van der Waals surface area contributed by atoms with Crippen LogP contribution in [0.3, 0.4) is 0 Å². The van der Waals surface area contributed by atoms with Gasteiger partial charge in [0.25, 0.3) is 5.82 Å². The summed E-state index contributed by atoms with van der Waals surface area (Å²) in [5.41, 5.74) is 5.58. The summed E-state index contributed by atoms with van der Waals surface area (Å²) in [4.78, 5) is 8.17. The van der Waals surface area contributed by atoms with Crippen molar-refractivity contribution < 1.29 is 16.8 Å². The number of hydrogen-bond acceptors (Lipinski definition) is 7. The van der Waals surface area contributed by atoms with Gasteiger partial charge in [-0.3, -0.25) is 0 Å². The first-order valence-corrected chi connectivity index (χ1v) is 7.12. The van der Waals surface area contributed by atoms with Gasteiger partial charge >= 0.3 is 10.0 Å². The molecule has 2 N–H and O–H groups in total. The number of sulfonamides is 1. The van der Waals surface area contributed by atoms with Crippen molar-refractivity contribution >= 4 is 28.0 Å². The van der Waals surface area contributed by atoms with Crippen LogP contribution in [0.2, 0.25) is 0 Å². The molecule has 0 aliphatic carbocycles. The van der Waals surface area contributed by atoms with E-state index in [0.717, 1.165) is 6.26 Å². The minimum atomic E-state index is -3.63. The highest BCUT2D eigenvalue weighted by Crippen LogP contribution is 2.31. The lowest BCUT2D eigenvalue weighted by molar-refractivity contribution is -0.663. The summed E-state index contributed by atoms with van der Waals surface area (Å²) in [5.74, 6) is 0.963. The summed E-state index contributed by atoms with van der Waals surface area (Å²) in [6, 6.07) is 3.37. The molecule has 3 rings (SSSR count). The minimum Gasteiger partial charge on any atom is -0.461 e. The molecule has 0 bridgehead atoms. The molecule has 98 valence electrons. The van der Waals surface area contributed by atoms with E-state index in [1.165, 1.54) is 18.7 Å². The predicted molar refractivity (Wildman–Crippen MR) is 68.5 cm³/mol. The molecule has 0 spiro atoms. The molecule has 0 saturated carbocycles. The Kier molecular flexibility index (Phi) is 2.25. The fraction of sp³-hybridized carbons (Fsp3) is 0.100. The molecule has 2 aliphatic rings. The number of furan rings is 1. The lowest BCUT2D eigenvalue weighted by Gasteiger charge is -2.22. The lowest BCUT2D eigenvalue weighted by atomic mass is 10.4. The number of nitrogens with two attached hydrogens (primary N) is 1. The Labute approximate surface area is 108 Å². The third kappa shape index (κ3) is 1.63. The van der Waals surface area contributed by atoms with Crippen molar-refractivity contribution in [1.29, 1.82) is 0 Å². The van der Waals surface area contributed by atoms with Crippen molar-refractivity contribution in [3.05, 3.63) is 36.1 Å². The average Bonchev–Trinajstić information content (AvgIpc) is 2.91. The molecule has 0 radical (unpaired) electrons. The van der Waals surface area contributed by atoms with E-state index in [1.54, 1.807) is 12.1 Å². The van der Waals surface area contributed by atoms with E-state index in [0.29, 0.717) is 5.76 Å². The third-order valence-electron chi connectivity index (χ3n) is 2.67. The first-order valence-electron chi connectivity index (χ1n) is 5.27. The summed E-state index contributed by atoms with van der Waals surface area (Å²) in [7, 11) is -3.63. The number of hydrogen-bond donors (Lipinski definition) is 1. The van der Waals surface area contributed by atoms with Crippen molar-refractivity contribution in [2.75, 3.05) is 6.26 Å². The van der Waals surface area contributed by atoms with E-state index in [4.69, 9.17) is 10.2 Å². The number of quaternary nitrogens is 1. The maximum atomic E-state index is 11.9. The Morgan fingerprint density at radius 1 is 1.42 bits per heavy atom. The molecule has 19 heavy (non-hydrogen) atoms. The molecule has 3 heterocycles. The summed E-state index contributed by atoms with van der Waals surface area (Å²) >= 11 is 0. The second-order valence-electron chi connectivity index (χ2n) is 4.04. The van der Waals surface area contributed by atoms with Crippen LogP contribution in [0.25, 0.3) is 0 Å². The van der Waals surface area contributed by atoms with Gasteiger partial charge in [0.05, 0.1) is 18.6 Å². The van der Waals surface area contributed by atoms with Crippen LogP contribution < -0.4 is 5.73 Å². The quantitative estimate of drug-likeness (QED) is 0.767. The van der Waals surface area contributed by atoms with Crippen LogP contribution in [0.4, 0.5) is 0 Å². The molecule has 1 atom stereocenters. The van der Waals surface area contributed by atoms with Crippen LogP contribution in [0, 0.1) is 0 Å². The lowest BCUT2D eigenvalue weighted by Crippen LogP contribution is -2.45. The first-order chi connectivity index (χ1) is 8.92. The van der Waals surface area contributed by atoms with Gasteiger partial charge in [0, 0.05) is 0 Å². The minimum absolute atomic E-state index is 0.0799. The maximum Gasteiger partial charge on any atom is 0.330 e. The molecule has 1 aromatic rings. The largest absolute Gasteiger partial charge is 0.461 e. The molecular formula is C10H10N5O3S+.